The summed E-state index contributed by atoms with van der Waals surface area (Å²) in [7, 11) is -4.36. The zero-order chi connectivity index (χ0) is 22.5. The first kappa shape index (κ1) is 23.4. The third-order valence-corrected chi connectivity index (χ3v) is 5.16. The predicted molar refractivity (Wildman–Crippen MR) is 104 cm³/mol. The van der Waals surface area contributed by atoms with Crippen molar-refractivity contribution in [1.29, 1.82) is 0 Å². The van der Waals surface area contributed by atoms with Gasteiger partial charge in [-0.1, -0.05) is 18.2 Å². The molecule has 0 aliphatic rings. The van der Waals surface area contributed by atoms with E-state index in [0.717, 1.165) is 18.2 Å². The van der Waals surface area contributed by atoms with Crippen LogP contribution in [0.5, 0.6) is 0 Å². The Morgan fingerprint density at radius 3 is 2.33 bits per heavy atom. The number of carbonyl (C=O) groups is 2. The van der Waals surface area contributed by atoms with E-state index in [-0.39, 0.29) is 17.3 Å². The van der Waals surface area contributed by atoms with Gasteiger partial charge in [-0.05, 0) is 44.2 Å². The lowest BCUT2D eigenvalue weighted by Gasteiger charge is -2.14. The van der Waals surface area contributed by atoms with Crippen LogP contribution in [0.3, 0.4) is 0 Å². The first-order valence-corrected chi connectivity index (χ1v) is 10.2. The van der Waals surface area contributed by atoms with Crippen molar-refractivity contribution in [3.05, 3.63) is 59.7 Å². The van der Waals surface area contributed by atoms with E-state index in [0.29, 0.717) is 6.07 Å². The fraction of sp³-hybridized carbons (Fsp3) is 0.263. The summed E-state index contributed by atoms with van der Waals surface area (Å²) < 4.78 is 64.8. The summed E-state index contributed by atoms with van der Waals surface area (Å²) in [4.78, 5) is 23.7. The van der Waals surface area contributed by atoms with Crippen LogP contribution in [0.25, 0.3) is 0 Å². The number of hydrogen-bond donors (Lipinski definition) is 3. The molecule has 0 aliphatic carbocycles. The Labute approximate surface area is 171 Å². The van der Waals surface area contributed by atoms with Gasteiger partial charge in [0, 0.05) is 6.04 Å². The number of rotatable bonds is 7. The molecule has 2 amide bonds. The molecule has 30 heavy (non-hydrogen) atoms. The van der Waals surface area contributed by atoms with Crippen LogP contribution in [-0.4, -0.2) is 32.8 Å². The van der Waals surface area contributed by atoms with Crippen LogP contribution in [0, 0.1) is 0 Å². The van der Waals surface area contributed by atoms with E-state index >= 15 is 0 Å². The molecule has 7 nitrogen and oxygen atoms in total. The molecule has 0 spiro atoms. The minimum Gasteiger partial charge on any atom is -0.350 e. The van der Waals surface area contributed by atoms with Crippen molar-refractivity contribution in [2.24, 2.45) is 0 Å². The van der Waals surface area contributed by atoms with Gasteiger partial charge in [-0.25, -0.2) is 13.1 Å². The predicted octanol–water partition coefficient (Wildman–Crippen LogP) is 2.76. The van der Waals surface area contributed by atoms with E-state index in [2.05, 4.69) is 10.6 Å². The molecule has 0 saturated heterocycles. The zero-order valence-corrected chi connectivity index (χ0v) is 16.9. The van der Waals surface area contributed by atoms with Crippen LogP contribution in [0.2, 0.25) is 0 Å². The molecule has 0 heterocycles. The smallest absolute Gasteiger partial charge is 0.350 e. The van der Waals surface area contributed by atoms with Crippen molar-refractivity contribution in [2.75, 3.05) is 11.9 Å². The molecule has 3 N–H and O–H groups in total. The summed E-state index contributed by atoms with van der Waals surface area (Å²) in [5, 5.41) is 5.09. The number of carbonyl (C=O) groups excluding carboxylic acids is 2. The molecule has 0 bridgehead atoms. The molecule has 2 aromatic carbocycles. The molecule has 0 aliphatic heterocycles. The highest BCUT2D eigenvalue weighted by molar-refractivity contribution is 7.89. The van der Waals surface area contributed by atoms with Gasteiger partial charge in [0.2, 0.25) is 15.9 Å². The summed E-state index contributed by atoms with van der Waals surface area (Å²) >= 11 is 0. The molecule has 0 atom stereocenters. The van der Waals surface area contributed by atoms with Crippen LogP contribution in [0.15, 0.2) is 53.4 Å². The summed E-state index contributed by atoms with van der Waals surface area (Å²) in [6.07, 6.45) is -4.71. The first-order chi connectivity index (χ1) is 13.9. The molecule has 0 fully saturated rings. The minimum atomic E-state index is -4.71. The molecule has 0 saturated carbocycles. The standard InChI is InChI=1S/C19H20F3N3O4S/c1-12(2)24-18(27)15-8-3-4-9-16(15)25-17(26)11-23-30(28,29)14-7-5-6-13(10-14)19(20,21)22/h3-10,12,23H,11H2,1-2H3,(H,24,27)(H,25,26). The number of benzene rings is 2. The van der Waals surface area contributed by atoms with Gasteiger partial charge in [-0.15, -0.1) is 0 Å². The van der Waals surface area contributed by atoms with Crippen LogP contribution < -0.4 is 15.4 Å². The molecular weight excluding hydrogens is 423 g/mol. The maximum atomic E-state index is 12.8. The molecule has 2 aromatic rings. The lowest BCUT2D eigenvalue weighted by atomic mass is 10.1. The number of anilines is 1. The van der Waals surface area contributed by atoms with Gasteiger partial charge in [0.05, 0.1) is 28.3 Å². The highest BCUT2D eigenvalue weighted by Gasteiger charge is 2.31. The van der Waals surface area contributed by atoms with Crippen molar-refractivity contribution in [3.63, 3.8) is 0 Å². The number of para-hydroxylation sites is 1. The van der Waals surface area contributed by atoms with Crippen molar-refractivity contribution < 1.29 is 31.2 Å². The highest BCUT2D eigenvalue weighted by atomic mass is 32.2. The normalized spacial score (nSPS) is 11.9. The molecule has 0 unspecified atom stereocenters. The Bertz CT molecular complexity index is 1040. The van der Waals surface area contributed by atoms with E-state index < -0.39 is 45.0 Å². The van der Waals surface area contributed by atoms with Gasteiger partial charge in [0.25, 0.3) is 5.91 Å². The van der Waals surface area contributed by atoms with E-state index in [9.17, 15) is 31.2 Å². The van der Waals surface area contributed by atoms with E-state index in [1.165, 1.54) is 12.1 Å². The van der Waals surface area contributed by atoms with Crippen LogP contribution in [0.4, 0.5) is 18.9 Å². The van der Waals surface area contributed by atoms with Crippen molar-refractivity contribution in [3.8, 4) is 0 Å². The van der Waals surface area contributed by atoms with Gasteiger partial charge in [0.15, 0.2) is 0 Å². The van der Waals surface area contributed by atoms with Gasteiger partial charge in [0.1, 0.15) is 0 Å². The topological polar surface area (TPSA) is 104 Å². The van der Waals surface area contributed by atoms with E-state index in [1.807, 2.05) is 4.72 Å². The maximum absolute atomic E-state index is 12.8. The SMILES string of the molecule is CC(C)NC(=O)c1ccccc1NC(=O)CNS(=O)(=O)c1cccc(C(F)(F)F)c1. The minimum absolute atomic E-state index is 0.138. The molecule has 162 valence electrons. The quantitative estimate of drug-likeness (QED) is 0.612. The number of nitrogens with one attached hydrogen (secondary N) is 3. The summed E-state index contributed by atoms with van der Waals surface area (Å²) in [6.45, 7) is 2.79. The third-order valence-electron chi connectivity index (χ3n) is 3.76. The fourth-order valence-electron chi connectivity index (χ4n) is 2.41. The van der Waals surface area contributed by atoms with Gasteiger partial charge in [-0.3, -0.25) is 9.59 Å². The maximum Gasteiger partial charge on any atom is 0.416 e. The second kappa shape index (κ2) is 9.26. The number of sulfonamides is 1. The molecule has 2 rings (SSSR count). The average Bonchev–Trinajstić information content (AvgIpc) is 2.66. The number of amides is 2. The first-order valence-electron chi connectivity index (χ1n) is 8.77. The van der Waals surface area contributed by atoms with Crippen molar-refractivity contribution in [1.82, 2.24) is 10.0 Å². The van der Waals surface area contributed by atoms with Crippen LogP contribution >= 0.6 is 0 Å². The second-order valence-electron chi connectivity index (χ2n) is 6.57. The zero-order valence-electron chi connectivity index (χ0n) is 16.1. The van der Waals surface area contributed by atoms with Crippen LogP contribution in [0.1, 0.15) is 29.8 Å². The lowest BCUT2D eigenvalue weighted by molar-refractivity contribution is -0.137. The summed E-state index contributed by atoms with van der Waals surface area (Å²) in [5.41, 5.74) is -0.779. The van der Waals surface area contributed by atoms with Gasteiger partial charge < -0.3 is 10.6 Å². The number of halogens is 3. The largest absolute Gasteiger partial charge is 0.416 e. The van der Waals surface area contributed by atoms with Gasteiger partial charge in [-0.2, -0.15) is 13.2 Å². The Kier molecular flexibility index (Phi) is 7.21. The molecule has 0 radical (unpaired) electrons. The Morgan fingerprint density at radius 1 is 1.03 bits per heavy atom. The highest BCUT2D eigenvalue weighted by Crippen LogP contribution is 2.30. The van der Waals surface area contributed by atoms with Crippen molar-refractivity contribution in [2.45, 2.75) is 31.0 Å². The molecular formula is C19H20F3N3O4S. The lowest BCUT2D eigenvalue weighted by Crippen LogP contribution is -2.34. The van der Waals surface area contributed by atoms with Crippen molar-refractivity contribution >= 4 is 27.5 Å². The molecule has 11 heteroatoms. The Balaban J connectivity index is 2.09. The monoisotopic (exact) mass is 443 g/mol. The fourth-order valence-corrected chi connectivity index (χ4v) is 3.44. The second-order valence-corrected chi connectivity index (χ2v) is 8.34. The summed E-state index contributed by atoms with van der Waals surface area (Å²) in [5.74, 6) is -1.22. The average molecular weight is 443 g/mol. The number of hydrogen-bond acceptors (Lipinski definition) is 4. The third kappa shape index (κ3) is 6.29. The summed E-state index contributed by atoms with van der Waals surface area (Å²) in [6, 6.07) is 9.16. The Morgan fingerprint density at radius 2 is 1.70 bits per heavy atom. The van der Waals surface area contributed by atoms with E-state index in [1.54, 1.807) is 26.0 Å². The Hall–Kier alpha value is -2.92. The van der Waals surface area contributed by atoms with Crippen LogP contribution in [-0.2, 0) is 21.0 Å². The molecule has 0 aromatic heterocycles. The van der Waals surface area contributed by atoms with Gasteiger partial charge >= 0.3 is 6.18 Å². The van der Waals surface area contributed by atoms with E-state index in [4.69, 9.17) is 0 Å². The number of alkyl halides is 3.